The molecule has 6 heteroatoms. The number of carbonyl (C=O) groups excluding carboxylic acids is 1. The largest absolute Gasteiger partial charge is 2.00 e. The molecular formula is CH2NaO3PbS+. The van der Waals surface area contributed by atoms with E-state index in [4.69, 9.17) is 13.9 Å². The van der Waals surface area contributed by atoms with Gasteiger partial charge in [0.1, 0.15) is 6.79 Å². The first kappa shape index (κ1) is 23.2. The number of hydrogen-bond donors (Lipinski definition) is 0. The average Bonchev–Trinajstić information content (AvgIpc) is 1.46. The zero-order valence-electron chi connectivity index (χ0n) is 3.84. The van der Waals surface area contributed by atoms with Crippen molar-refractivity contribution in [1.82, 2.24) is 0 Å². The minimum atomic E-state index is -0.750. The summed E-state index contributed by atoms with van der Waals surface area (Å²) >= 11 is -0.750. The van der Waals surface area contributed by atoms with Gasteiger partial charge in [0.2, 0.25) is 0 Å². The van der Waals surface area contributed by atoms with Crippen molar-refractivity contribution < 1.29 is 43.5 Å². The fourth-order valence-electron chi connectivity index (χ4n) is 0. The molecule has 0 aliphatic carbocycles. The van der Waals surface area contributed by atoms with Crippen LogP contribution in [0.2, 0.25) is 0 Å². The third-order valence-corrected chi connectivity index (χ3v) is 0. The minimum Gasteiger partial charge on any atom is -0.811 e. The third kappa shape index (κ3) is 77.9. The van der Waals surface area contributed by atoms with Crippen LogP contribution in [0.1, 0.15) is 0 Å². The van der Waals surface area contributed by atoms with E-state index < -0.39 is 12.3 Å². The molecule has 0 heterocycles. The van der Waals surface area contributed by atoms with Gasteiger partial charge >= 0.3 is 56.9 Å². The van der Waals surface area contributed by atoms with E-state index in [0.29, 0.717) is 0 Å². The molecule has 0 rings (SSSR count). The van der Waals surface area contributed by atoms with Gasteiger partial charge in [-0.25, -0.2) is 0 Å². The molecule has 0 unspecified atom stereocenters. The van der Waals surface area contributed by atoms with Gasteiger partial charge in [-0.3, -0.25) is 0 Å². The standard InChI is InChI=1S/CH2O.Na.H2O2S.Pb/c1-2;;1-3-2;/h1H2;;1-2H;/q;+1;;+2/p-2. The summed E-state index contributed by atoms with van der Waals surface area (Å²) in [6.07, 6.45) is 0. The molecule has 0 aromatic carbocycles. The molecule has 0 aromatic heterocycles. The summed E-state index contributed by atoms with van der Waals surface area (Å²) in [6.45, 7) is 2.00. The van der Waals surface area contributed by atoms with E-state index in [1.807, 2.05) is 6.79 Å². The van der Waals surface area contributed by atoms with Crippen LogP contribution in [0.15, 0.2) is 0 Å². The zero-order chi connectivity index (χ0) is 4.71. The second kappa shape index (κ2) is 45.2. The molecule has 0 fully saturated rings. The van der Waals surface area contributed by atoms with Crippen molar-refractivity contribution in [3.05, 3.63) is 0 Å². The first-order valence-electron chi connectivity index (χ1n) is 0.622. The second-order valence-electron chi connectivity index (χ2n) is 0.0680. The molecule has 7 heavy (non-hydrogen) atoms. The van der Waals surface area contributed by atoms with Gasteiger partial charge in [-0.2, -0.15) is 0 Å². The molecular weight excluding hydrogens is 322 g/mol. The maximum Gasteiger partial charge on any atom is 2.00 e. The number of carbonyl (C=O) groups is 1. The van der Waals surface area contributed by atoms with Crippen LogP contribution < -0.4 is 29.6 Å². The first-order chi connectivity index (χ1) is 2.41. The summed E-state index contributed by atoms with van der Waals surface area (Å²) in [5.74, 6) is 0. The Morgan fingerprint density at radius 1 is 1.29 bits per heavy atom. The predicted octanol–water partition coefficient (Wildman–Crippen LogP) is -3.58. The molecule has 34 valence electrons. The van der Waals surface area contributed by atoms with E-state index in [1.165, 1.54) is 0 Å². The van der Waals surface area contributed by atoms with E-state index in [0.717, 1.165) is 0 Å². The Bertz CT molecular complexity index is 18.9. The Kier molecular flexibility index (Phi) is 150. The molecule has 0 saturated heterocycles. The first-order valence-corrected chi connectivity index (χ1v) is 1.29. The van der Waals surface area contributed by atoms with Crippen LogP contribution in [0.25, 0.3) is 0 Å². The van der Waals surface area contributed by atoms with Crippen LogP contribution in [-0.2, 0) is 4.79 Å². The summed E-state index contributed by atoms with van der Waals surface area (Å²) in [5.41, 5.74) is 0. The van der Waals surface area contributed by atoms with Crippen LogP contribution in [0.3, 0.4) is 0 Å². The van der Waals surface area contributed by atoms with E-state index in [-0.39, 0.29) is 56.9 Å². The van der Waals surface area contributed by atoms with Gasteiger partial charge in [-0.05, 0) is 0 Å². The second-order valence-corrected chi connectivity index (χ2v) is 0.204. The molecule has 0 spiro atoms. The number of rotatable bonds is 0. The molecule has 0 aliphatic heterocycles. The van der Waals surface area contributed by atoms with Gasteiger partial charge in [0.05, 0.1) is 0 Å². The van der Waals surface area contributed by atoms with Gasteiger partial charge in [-0.1, -0.05) is 0 Å². The van der Waals surface area contributed by atoms with Crippen LogP contribution in [-0.4, -0.2) is 43.2 Å². The van der Waals surface area contributed by atoms with Crippen molar-refractivity contribution in [3.8, 4) is 0 Å². The summed E-state index contributed by atoms with van der Waals surface area (Å²) in [7, 11) is 0. The molecule has 0 atom stereocenters. The molecule has 0 N–H and O–H groups in total. The monoisotopic (exact) mass is 325 g/mol. The van der Waals surface area contributed by atoms with E-state index in [1.54, 1.807) is 0 Å². The van der Waals surface area contributed by atoms with Crippen molar-refractivity contribution in [2.24, 2.45) is 0 Å². The van der Waals surface area contributed by atoms with Gasteiger partial charge in [0.25, 0.3) is 0 Å². The number of hydrogen-bond acceptors (Lipinski definition) is 4. The summed E-state index contributed by atoms with van der Waals surface area (Å²) in [4.78, 5) is 8.00. The van der Waals surface area contributed by atoms with E-state index in [2.05, 4.69) is 0 Å². The third-order valence-electron chi connectivity index (χ3n) is 0. The molecule has 0 bridgehead atoms. The van der Waals surface area contributed by atoms with Crippen LogP contribution >= 0.6 is 12.3 Å². The zero-order valence-corrected chi connectivity index (χ0v) is 10.5. The predicted molar refractivity (Wildman–Crippen MR) is 22.0 cm³/mol. The van der Waals surface area contributed by atoms with Crippen molar-refractivity contribution in [2.75, 3.05) is 0 Å². The van der Waals surface area contributed by atoms with Gasteiger partial charge in [0, 0.05) is 0 Å². The van der Waals surface area contributed by atoms with Crippen molar-refractivity contribution in [2.45, 2.75) is 0 Å². The minimum absolute atomic E-state index is 0. The van der Waals surface area contributed by atoms with Crippen LogP contribution in [0.5, 0.6) is 0 Å². The van der Waals surface area contributed by atoms with Crippen molar-refractivity contribution in [1.29, 1.82) is 0 Å². The Hall–Kier alpha value is 1.86. The smallest absolute Gasteiger partial charge is 0.811 e. The molecule has 0 aliphatic rings. The average molecular weight is 324 g/mol. The molecule has 0 amide bonds. The van der Waals surface area contributed by atoms with Gasteiger partial charge in [-0.15, -0.1) is 0 Å². The SMILES string of the molecule is C=O.[Na+].[O-]S[O-].[Pb+2]. The van der Waals surface area contributed by atoms with Gasteiger partial charge < -0.3 is 26.2 Å². The van der Waals surface area contributed by atoms with E-state index >= 15 is 0 Å². The Morgan fingerprint density at radius 2 is 1.29 bits per heavy atom. The molecule has 2 radical (unpaired) electrons. The van der Waals surface area contributed by atoms with Crippen LogP contribution in [0.4, 0.5) is 0 Å². The van der Waals surface area contributed by atoms with Crippen LogP contribution in [0, 0.1) is 0 Å². The Balaban J connectivity index is -0.0000000105. The quantitative estimate of drug-likeness (QED) is 0.341. The van der Waals surface area contributed by atoms with Crippen molar-refractivity contribution in [3.63, 3.8) is 0 Å². The Morgan fingerprint density at radius 3 is 1.29 bits per heavy atom. The summed E-state index contributed by atoms with van der Waals surface area (Å²) < 4.78 is 16.6. The maximum absolute atomic E-state index is 8.29. The fourth-order valence-corrected chi connectivity index (χ4v) is 0. The summed E-state index contributed by atoms with van der Waals surface area (Å²) in [5, 5.41) is 0. The Labute approximate surface area is 88.7 Å². The molecule has 3 nitrogen and oxygen atoms in total. The molecule has 0 aromatic rings. The maximum atomic E-state index is 8.29. The van der Waals surface area contributed by atoms with Gasteiger partial charge in [0.15, 0.2) is 0 Å². The topological polar surface area (TPSA) is 63.2 Å². The molecule has 0 saturated carbocycles. The normalized spacial score (nSPS) is 3.14. The van der Waals surface area contributed by atoms with E-state index in [9.17, 15) is 0 Å². The fraction of sp³-hybridized carbons (Fsp3) is 0. The summed E-state index contributed by atoms with van der Waals surface area (Å²) in [6, 6.07) is 0. The van der Waals surface area contributed by atoms with Crippen molar-refractivity contribution >= 4 is 46.4 Å².